The second-order valence-corrected chi connectivity index (χ2v) is 23.6. The molecule has 1 saturated heterocycles. The molecule has 0 radical (unpaired) electrons. The van der Waals surface area contributed by atoms with Crippen LogP contribution in [0.2, 0.25) is 0 Å². The Labute approximate surface area is 476 Å². The molecule has 0 bridgehead atoms. The minimum Gasteiger partial charge on any atom is -0.394 e. The molecule has 0 aliphatic carbocycles. The Hall–Kier alpha value is -1.59. The molecule has 1 heterocycles. The smallest absolute Gasteiger partial charge is 0.220 e. The van der Waals surface area contributed by atoms with Crippen LogP contribution in [0, 0.1) is 0 Å². The molecule has 0 spiro atoms. The summed E-state index contributed by atoms with van der Waals surface area (Å²) in [4.78, 5) is 13.1. The van der Waals surface area contributed by atoms with Crippen LogP contribution in [0.3, 0.4) is 0 Å². The molecule has 1 aliphatic heterocycles. The summed E-state index contributed by atoms with van der Waals surface area (Å²) in [5, 5.41) is 54.7. The van der Waals surface area contributed by atoms with Gasteiger partial charge < -0.3 is 40.3 Å². The summed E-state index contributed by atoms with van der Waals surface area (Å²) in [5.74, 6) is -0.184. The fourth-order valence-electron chi connectivity index (χ4n) is 10.9. The molecule has 0 aromatic heterocycles. The topological polar surface area (TPSA) is 149 Å². The molecule has 1 aliphatic rings. The van der Waals surface area contributed by atoms with Gasteiger partial charge in [0.05, 0.1) is 25.4 Å². The standard InChI is InChI=1S/C68H129NO8/c1-3-5-7-9-11-13-15-17-19-21-23-25-27-29-31-33-35-37-39-41-43-45-47-49-51-53-55-57-62(71)61(60-76-68-67(75)66(74)65(73)63(59-70)77-68)69-64(72)58-56-54-52-50-48-46-44-42-40-38-36-34-32-30-28-26-24-22-20-18-16-14-12-10-8-6-4-2/h39,41,47,49,55,57,61-63,65-68,70-71,73-75H,3-38,40,42-46,48,50-54,56,58-60H2,1-2H3,(H,69,72)/b41-39+,49-47+,57-55+. The van der Waals surface area contributed by atoms with E-state index in [1.165, 1.54) is 270 Å². The van der Waals surface area contributed by atoms with E-state index in [0.29, 0.717) is 6.42 Å². The van der Waals surface area contributed by atoms with Gasteiger partial charge in [0.15, 0.2) is 6.29 Å². The molecule has 9 nitrogen and oxygen atoms in total. The van der Waals surface area contributed by atoms with Crippen molar-refractivity contribution < 1.29 is 39.8 Å². The molecule has 1 fully saturated rings. The first kappa shape index (κ1) is 73.4. The van der Waals surface area contributed by atoms with Gasteiger partial charge in [0.2, 0.25) is 5.91 Å². The number of hydrogen-bond acceptors (Lipinski definition) is 8. The highest BCUT2D eigenvalue weighted by atomic mass is 16.7. The van der Waals surface area contributed by atoms with Gasteiger partial charge in [-0.3, -0.25) is 4.79 Å². The number of aliphatic hydroxyl groups excluding tert-OH is 5. The highest BCUT2D eigenvalue weighted by molar-refractivity contribution is 5.76. The Morgan fingerprint density at radius 3 is 1.09 bits per heavy atom. The third-order valence-electron chi connectivity index (χ3n) is 16.2. The second kappa shape index (κ2) is 57.6. The Balaban J connectivity index is 2.18. The summed E-state index contributed by atoms with van der Waals surface area (Å²) in [6.45, 7) is 3.81. The molecule has 7 unspecified atom stereocenters. The van der Waals surface area contributed by atoms with Gasteiger partial charge in [0, 0.05) is 6.42 Å². The summed E-state index contributed by atoms with van der Waals surface area (Å²) in [5.41, 5.74) is 0. The van der Waals surface area contributed by atoms with E-state index >= 15 is 0 Å². The SMILES string of the molecule is CCCCCCCCCCCCCCCCCCC/C=C/CC/C=C/CC/C=C/C(O)C(COC1OC(CO)C(O)C(O)C1O)NC(=O)CCCCCCCCCCCCCCCCCCCCCCCCCCCCC. The van der Waals surface area contributed by atoms with Gasteiger partial charge >= 0.3 is 0 Å². The quantitative estimate of drug-likeness (QED) is 0.0261. The van der Waals surface area contributed by atoms with Crippen molar-refractivity contribution in [1.29, 1.82) is 0 Å². The van der Waals surface area contributed by atoms with E-state index < -0.39 is 49.5 Å². The van der Waals surface area contributed by atoms with Crippen LogP contribution in [-0.4, -0.2) is 87.5 Å². The van der Waals surface area contributed by atoms with Crippen LogP contribution in [0.25, 0.3) is 0 Å². The summed E-state index contributed by atoms with van der Waals surface area (Å²) in [7, 11) is 0. The normalized spacial score (nSPS) is 18.9. The number of hydrogen-bond donors (Lipinski definition) is 6. The molecule has 7 atom stereocenters. The van der Waals surface area contributed by atoms with Gasteiger partial charge in [-0.1, -0.05) is 320 Å². The lowest BCUT2D eigenvalue weighted by molar-refractivity contribution is -0.302. The first-order chi connectivity index (χ1) is 37.8. The zero-order chi connectivity index (χ0) is 55.8. The Morgan fingerprint density at radius 2 is 0.740 bits per heavy atom. The van der Waals surface area contributed by atoms with Crippen LogP contribution in [0.15, 0.2) is 36.5 Å². The summed E-state index contributed by atoms with van der Waals surface area (Å²) >= 11 is 0. The minimum absolute atomic E-state index is 0.184. The van der Waals surface area contributed by atoms with Crippen LogP contribution < -0.4 is 5.32 Å². The maximum Gasteiger partial charge on any atom is 0.220 e. The molecule has 1 amide bonds. The number of amides is 1. The zero-order valence-electron chi connectivity index (χ0n) is 50.7. The third-order valence-corrected chi connectivity index (χ3v) is 16.2. The summed E-state index contributed by atoms with van der Waals surface area (Å²) in [6, 6.07) is -0.827. The number of aliphatic hydroxyl groups is 5. The van der Waals surface area contributed by atoms with Crippen molar-refractivity contribution in [2.45, 2.75) is 378 Å². The number of rotatable bonds is 59. The lowest BCUT2D eigenvalue weighted by Crippen LogP contribution is -2.60. The van der Waals surface area contributed by atoms with Gasteiger partial charge in [-0.05, 0) is 44.9 Å². The third kappa shape index (κ3) is 46.7. The van der Waals surface area contributed by atoms with Crippen molar-refractivity contribution >= 4 is 5.91 Å². The second-order valence-electron chi connectivity index (χ2n) is 23.6. The molecule has 454 valence electrons. The number of carbonyl (C=O) groups is 1. The van der Waals surface area contributed by atoms with E-state index in [4.69, 9.17) is 9.47 Å². The molecule has 0 aromatic carbocycles. The van der Waals surface area contributed by atoms with Gasteiger partial charge in [-0.25, -0.2) is 0 Å². The van der Waals surface area contributed by atoms with E-state index in [-0.39, 0.29) is 12.5 Å². The molecule has 1 rings (SSSR count). The lowest BCUT2D eigenvalue weighted by Gasteiger charge is -2.40. The fraction of sp³-hybridized carbons (Fsp3) is 0.897. The first-order valence-corrected chi connectivity index (χ1v) is 33.7. The Morgan fingerprint density at radius 1 is 0.429 bits per heavy atom. The number of unbranched alkanes of at least 4 members (excludes halogenated alkanes) is 45. The zero-order valence-corrected chi connectivity index (χ0v) is 50.7. The van der Waals surface area contributed by atoms with Crippen molar-refractivity contribution in [3.8, 4) is 0 Å². The van der Waals surface area contributed by atoms with Crippen LogP contribution in [0.4, 0.5) is 0 Å². The Bertz CT molecular complexity index is 1310. The summed E-state index contributed by atoms with van der Waals surface area (Å²) < 4.78 is 11.3. The number of carbonyl (C=O) groups excluding carboxylic acids is 1. The van der Waals surface area contributed by atoms with Crippen LogP contribution in [0.1, 0.15) is 335 Å². The van der Waals surface area contributed by atoms with E-state index in [1.807, 2.05) is 6.08 Å². The lowest BCUT2D eigenvalue weighted by atomic mass is 9.99. The van der Waals surface area contributed by atoms with Crippen molar-refractivity contribution in [3.05, 3.63) is 36.5 Å². The molecule has 6 N–H and O–H groups in total. The highest BCUT2D eigenvalue weighted by Crippen LogP contribution is 2.23. The van der Waals surface area contributed by atoms with Crippen molar-refractivity contribution in [2.75, 3.05) is 13.2 Å². The van der Waals surface area contributed by atoms with E-state index in [1.54, 1.807) is 6.08 Å². The van der Waals surface area contributed by atoms with Crippen LogP contribution in [0.5, 0.6) is 0 Å². The molecule has 0 aromatic rings. The van der Waals surface area contributed by atoms with Gasteiger partial charge in [-0.2, -0.15) is 0 Å². The first-order valence-electron chi connectivity index (χ1n) is 33.7. The average molecular weight is 1090 g/mol. The molecule has 9 heteroatoms. The highest BCUT2D eigenvalue weighted by Gasteiger charge is 2.44. The number of ether oxygens (including phenoxy) is 2. The van der Waals surface area contributed by atoms with Crippen molar-refractivity contribution in [1.82, 2.24) is 5.32 Å². The fourth-order valence-corrected chi connectivity index (χ4v) is 10.9. The van der Waals surface area contributed by atoms with E-state index in [2.05, 4.69) is 43.5 Å². The Kier molecular flexibility index (Phi) is 55.0. The van der Waals surface area contributed by atoms with Gasteiger partial charge in [0.25, 0.3) is 0 Å². The van der Waals surface area contributed by atoms with E-state index in [0.717, 1.165) is 44.9 Å². The van der Waals surface area contributed by atoms with Gasteiger partial charge in [0.1, 0.15) is 24.4 Å². The predicted octanol–water partition coefficient (Wildman–Crippen LogP) is 17.9. The van der Waals surface area contributed by atoms with Crippen LogP contribution in [-0.2, 0) is 14.3 Å². The monoisotopic (exact) mass is 1090 g/mol. The van der Waals surface area contributed by atoms with Crippen LogP contribution >= 0.6 is 0 Å². The molecule has 77 heavy (non-hydrogen) atoms. The molecular weight excluding hydrogens is 959 g/mol. The predicted molar refractivity (Wildman–Crippen MR) is 327 cm³/mol. The molecule has 0 saturated carbocycles. The minimum atomic E-state index is -1.57. The molecular formula is C68H129NO8. The van der Waals surface area contributed by atoms with Gasteiger partial charge in [-0.15, -0.1) is 0 Å². The largest absolute Gasteiger partial charge is 0.394 e. The maximum absolute atomic E-state index is 13.1. The van der Waals surface area contributed by atoms with Crippen molar-refractivity contribution in [2.24, 2.45) is 0 Å². The number of allylic oxidation sites excluding steroid dienone is 5. The van der Waals surface area contributed by atoms with Crippen molar-refractivity contribution in [3.63, 3.8) is 0 Å². The summed E-state index contributed by atoms with van der Waals surface area (Å²) in [6.07, 6.45) is 69.6. The maximum atomic E-state index is 13.1. The average Bonchev–Trinajstić information content (AvgIpc) is 3.43. The van der Waals surface area contributed by atoms with E-state index in [9.17, 15) is 30.3 Å². The number of nitrogens with one attached hydrogen (secondary N) is 1.